The van der Waals surface area contributed by atoms with Crippen molar-refractivity contribution in [2.24, 2.45) is 11.7 Å². The molecular weight excluding hydrogens is 317 g/mol. The standard InChI is InChI=1S/C15H19F3N2O.ClH/c1-10(19)11-5-7-20(8-6-11)14(21)12-3-2-4-13(9-12)15(16,17)18;/h2-4,9-11H,5-8,19H2,1H3;1H. The Hall–Kier alpha value is -1.27. The van der Waals surface area contributed by atoms with Gasteiger partial charge in [0.2, 0.25) is 0 Å². The van der Waals surface area contributed by atoms with Crippen LogP contribution in [-0.4, -0.2) is 29.9 Å². The molecule has 2 N–H and O–H groups in total. The maximum absolute atomic E-state index is 12.7. The molecule has 3 nitrogen and oxygen atoms in total. The first-order chi connectivity index (χ1) is 9.79. The predicted octanol–water partition coefficient (Wildman–Crippen LogP) is 3.33. The Balaban J connectivity index is 0.00000242. The van der Waals surface area contributed by atoms with Crippen molar-refractivity contribution in [3.8, 4) is 0 Å². The fraction of sp³-hybridized carbons (Fsp3) is 0.533. The van der Waals surface area contributed by atoms with Gasteiger partial charge in [0.25, 0.3) is 5.91 Å². The van der Waals surface area contributed by atoms with Crippen molar-refractivity contribution < 1.29 is 18.0 Å². The van der Waals surface area contributed by atoms with Crippen LogP contribution in [-0.2, 0) is 6.18 Å². The lowest BCUT2D eigenvalue weighted by molar-refractivity contribution is -0.137. The number of halogens is 4. The predicted molar refractivity (Wildman–Crippen MR) is 81.0 cm³/mol. The van der Waals surface area contributed by atoms with Crippen LogP contribution in [0, 0.1) is 5.92 Å². The van der Waals surface area contributed by atoms with E-state index in [2.05, 4.69) is 0 Å². The van der Waals surface area contributed by atoms with Crippen LogP contribution in [0.25, 0.3) is 0 Å². The van der Waals surface area contributed by atoms with E-state index in [1.165, 1.54) is 12.1 Å². The molecule has 1 amide bonds. The van der Waals surface area contributed by atoms with Crippen LogP contribution in [0.1, 0.15) is 35.7 Å². The Labute approximate surface area is 134 Å². The molecule has 0 saturated carbocycles. The molecule has 0 aliphatic carbocycles. The summed E-state index contributed by atoms with van der Waals surface area (Å²) in [6.07, 6.45) is -2.84. The lowest BCUT2D eigenvalue weighted by Gasteiger charge is -2.33. The van der Waals surface area contributed by atoms with E-state index in [9.17, 15) is 18.0 Å². The lowest BCUT2D eigenvalue weighted by Crippen LogP contribution is -2.42. The molecule has 1 atom stereocenters. The summed E-state index contributed by atoms with van der Waals surface area (Å²) in [4.78, 5) is 13.9. The average molecular weight is 337 g/mol. The van der Waals surface area contributed by atoms with Crippen LogP contribution in [0.3, 0.4) is 0 Å². The number of amides is 1. The number of piperidine rings is 1. The molecule has 0 bridgehead atoms. The van der Waals surface area contributed by atoms with Crippen LogP contribution in [0.15, 0.2) is 24.3 Å². The van der Waals surface area contributed by atoms with Crippen LogP contribution < -0.4 is 5.73 Å². The van der Waals surface area contributed by atoms with E-state index < -0.39 is 11.7 Å². The molecule has 1 aromatic rings. The summed E-state index contributed by atoms with van der Waals surface area (Å²) in [5.41, 5.74) is 5.13. The van der Waals surface area contributed by atoms with Gasteiger partial charge in [-0.15, -0.1) is 12.4 Å². The van der Waals surface area contributed by atoms with E-state index in [4.69, 9.17) is 5.73 Å². The normalized spacial score (nSPS) is 17.8. The minimum atomic E-state index is -4.43. The molecule has 1 heterocycles. The maximum atomic E-state index is 12.7. The van der Waals surface area contributed by atoms with Crippen molar-refractivity contribution in [2.75, 3.05) is 13.1 Å². The number of nitrogens with two attached hydrogens (primary N) is 1. The third-order valence-corrected chi connectivity index (χ3v) is 4.01. The SMILES string of the molecule is CC(N)C1CCN(C(=O)c2cccc(C(F)(F)F)c2)CC1.Cl. The molecule has 1 aliphatic rings. The Bertz CT molecular complexity index is 512. The fourth-order valence-corrected chi connectivity index (χ4v) is 2.64. The fourth-order valence-electron chi connectivity index (χ4n) is 2.64. The monoisotopic (exact) mass is 336 g/mol. The summed E-state index contributed by atoms with van der Waals surface area (Å²) < 4.78 is 38.0. The van der Waals surface area contributed by atoms with Gasteiger partial charge in [-0.1, -0.05) is 6.07 Å². The van der Waals surface area contributed by atoms with Gasteiger partial charge >= 0.3 is 6.18 Å². The zero-order chi connectivity index (χ0) is 15.6. The van der Waals surface area contributed by atoms with Gasteiger partial charge in [0.05, 0.1) is 5.56 Å². The van der Waals surface area contributed by atoms with E-state index in [-0.39, 0.29) is 29.9 Å². The highest BCUT2D eigenvalue weighted by molar-refractivity contribution is 5.94. The van der Waals surface area contributed by atoms with Crippen LogP contribution in [0.5, 0.6) is 0 Å². The van der Waals surface area contributed by atoms with E-state index in [1.807, 2.05) is 6.92 Å². The molecular formula is C15H20ClF3N2O. The van der Waals surface area contributed by atoms with E-state index in [1.54, 1.807) is 4.90 Å². The smallest absolute Gasteiger partial charge is 0.339 e. The van der Waals surface area contributed by atoms with Gasteiger partial charge in [-0.2, -0.15) is 13.2 Å². The summed E-state index contributed by atoms with van der Waals surface area (Å²) in [5, 5.41) is 0. The largest absolute Gasteiger partial charge is 0.416 e. The van der Waals surface area contributed by atoms with Crippen LogP contribution >= 0.6 is 12.4 Å². The third-order valence-electron chi connectivity index (χ3n) is 4.01. The number of hydrogen-bond donors (Lipinski definition) is 1. The first-order valence-corrected chi connectivity index (χ1v) is 7.01. The van der Waals surface area contributed by atoms with Crippen molar-refractivity contribution >= 4 is 18.3 Å². The maximum Gasteiger partial charge on any atom is 0.416 e. The number of alkyl halides is 3. The number of benzene rings is 1. The third kappa shape index (κ3) is 4.36. The second-order valence-corrected chi connectivity index (χ2v) is 5.57. The molecule has 0 spiro atoms. The second kappa shape index (κ2) is 7.33. The number of likely N-dealkylation sites (tertiary alicyclic amines) is 1. The van der Waals surface area contributed by atoms with Gasteiger partial charge in [-0.3, -0.25) is 4.79 Å². The molecule has 124 valence electrons. The Kier molecular flexibility index (Phi) is 6.26. The average Bonchev–Trinajstić information content (AvgIpc) is 2.46. The van der Waals surface area contributed by atoms with Gasteiger partial charge < -0.3 is 10.6 Å². The van der Waals surface area contributed by atoms with Crippen molar-refractivity contribution in [3.05, 3.63) is 35.4 Å². The number of nitrogens with zero attached hydrogens (tertiary/aromatic N) is 1. The molecule has 0 radical (unpaired) electrons. The number of rotatable bonds is 2. The molecule has 1 saturated heterocycles. The minimum absolute atomic E-state index is 0. The first kappa shape index (κ1) is 18.8. The van der Waals surface area contributed by atoms with Gasteiger partial charge in [-0.05, 0) is 43.9 Å². The number of carbonyl (C=O) groups excluding carboxylic acids is 1. The highest BCUT2D eigenvalue weighted by atomic mass is 35.5. The Morgan fingerprint density at radius 1 is 1.32 bits per heavy atom. The van der Waals surface area contributed by atoms with Crippen molar-refractivity contribution in [1.82, 2.24) is 4.90 Å². The van der Waals surface area contributed by atoms with Crippen molar-refractivity contribution in [1.29, 1.82) is 0 Å². The van der Waals surface area contributed by atoms with Gasteiger partial charge in [-0.25, -0.2) is 0 Å². The van der Waals surface area contributed by atoms with Crippen molar-refractivity contribution in [3.63, 3.8) is 0 Å². The molecule has 2 rings (SSSR count). The molecule has 1 unspecified atom stereocenters. The number of carbonyl (C=O) groups is 1. The lowest BCUT2D eigenvalue weighted by atomic mass is 9.90. The number of hydrogen-bond acceptors (Lipinski definition) is 2. The molecule has 22 heavy (non-hydrogen) atoms. The Morgan fingerprint density at radius 2 is 1.91 bits per heavy atom. The highest BCUT2D eigenvalue weighted by Gasteiger charge is 2.32. The second-order valence-electron chi connectivity index (χ2n) is 5.57. The van der Waals surface area contributed by atoms with Crippen molar-refractivity contribution in [2.45, 2.75) is 32.0 Å². The summed E-state index contributed by atoms with van der Waals surface area (Å²) in [6, 6.07) is 4.66. The van der Waals surface area contributed by atoms with Gasteiger partial charge in [0.15, 0.2) is 0 Å². The zero-order valence-corrected chi connectivity index (χ0v) is 13.1. The highest BCUT2D eigenvalue weighted by Crippen LogP contribution is 2.30. The molecule has 1 aliphatic heterocycles. The van der Waals surface area contributed by atoms with Gasteiger partial charge in [0, 0.05) is 24.7 Å². The summed E-state index contributed by atoms with van der Waals surface area (Å²) in [6.45, 7) is 3.03. The quantitative estimate of drug-likeness (QED) is 0.900. The first-order valence-electron chi connectivity index (χ1n) is 7.01. The zero-order valence-electron chi connectivity index (χ0n) is 12.3. The van der Waals surface area contributed by atoms with Crippen LogP contribution in [0.2, 0.25) is 0 Å². The summed E-state index contributed by atoms with van der Waals surface area (Å²) in [7, 11) is 0. The molecule has 1 aromatic carbocycles. The minimum Gasteiger partial charge on any atom is -0.339 e. The van der Waals surface area contributed by atoms with E-state index >= 15 is 0 Å². The topological polar surface area (TPSA) is 46.3 Å². The molecule has 1 fully saturated rings. The van der Waals surface area contributed by atoms with E-state index in [0.717, 1.165) is 25.0 Å². The molecule has 0 aromatic heterocycles. The van der Waals surface area contributed by atoms with E-state index in [0.29, 0.717) is 19.0 Å². The van der Waals surface area contributed by atoms with Gasteiger partial charge in [0.1, 0.15) is 0 Å². The van der Waals surface area contributed by atoms with Crippen LogP contribution in [0.4, 0.5) is 13.2 Å². The summed E-state index contributed by atoms with van der Waals surface area (Å²) >= 11 is 0. The Morgan fingerprint density at radius 3 is 2.41 bits per heavy atom. The summed E-state index contributed by atoms with van der Waals surface area (Å²) in [5.74, 6) is 0.0276. The molecule has 7 heteroatoms.